The number of nitrogens with one attached hydrogen (secondary N) is 1. The number of halogens is 1. The van der Waals surface area contributed by atoms with Gasteiger partial charge < -0.3 is 5.32 Å². The Kier molecular flexibility index (Phi) is 5.48. The Morgan fingerprint density at radius 1 is 1.53 bits per heavy atom. The number of carbonyl (C=O) groups is 1. The third kappa shape index (κ3) is 4.04. The summed E-state index contributed by atoms with van der Waals surface area (Å²) < 4.78 is 13.6. The number of aryl methyl sites for hydroxylation is 1. The van der Waals surface area contributed by atoms with Crippen molar-refractivity contribution in [2.45, 2.75) is 25.5 Å². The van der Waals surface area contributed by atoms with E-state index < -0.39 is 5.82 Å². The van der Waals surface area contributed by atoms with Crippen LogP contribution in [-0.4, -0.2) is 24.0 Å². The summed E-state index contributed by atoms with van der Waals surface area (Å²) >= 11 is 1.75. The van der Waals surface area contributed by atoms with Gasteiger partial charge in [-0.1, -0.05) is 19.1 Å². The van der Waals surface area contributed by atoms with Crippen LogP contribution < -0.4 is 5.32 Å². The second-order valence-electron chi connectivity index (χ2n) is 4.03. The second kappa shape index (κ2) is 6.64. The quantitative estimate of drug-likeness (QED) is 0.876. The molecular weight excluding hydrogens is 237 g/mol. The molecule has 2 nitrogen and oxygen atoms in total. The second-order valence-corrected chi connectivity index (χ2v) is 5.30. The number of benzene rings is 1. The standard InChI is InChI=1S/C13H18FNOS/c1-9-5-4-6-11(12(9)14)13(16)15-8-7-10(2)17-3/h4-6,10H,7-8H2,1-3H3,(H,15,16). The maximum Gasteiger partial charge on any atom is 0.254 e. The van der Waals surface area contributed by atoms with Crippen molar-refractivity contribution < 1.29 is 9.18 Å². The molecule has 1 unspecified atom stereocenters. The smallest absolute Gasteiger partial charge is 0.254 e. The zero-order valence-electron chi connectivity index (χ0n) is 10.4. The van der Waals surface area contributed by atoms with E-state index in [4.69, 9.17) is 0 Å². The zero-order chi connectivity index (χ0) is 12.8. The molecule has 0 fully saturated rings. The first-order chi connectivity index (χ1) is 8.06. The molecule has 0 aromatic heterocycles. The Labute approximate surface area is 106 Å². The van der Waals surface area contributed by atoms with Gasteiger partial charge in [0.05, 0.1) is 5.56 Å². The van der Waals surface area contributed by atoms with Crippen molar-refractivity contribution in [3.63, 3.8) is 0 Å². The molecule has 94 valence electrons. The first-order valence-corrected chi connectivity index (χ1v) is 6.91. The van der Waals surface area contributed by atoms with E-state index in [9.17, 15) is 9.18 Å². The van der Waals surface area contributed by atoms with Crippen molar-refractivity contribution in [2.24, 2.45) is 0 Å². The lowest BCUT2D eigenvalue weighted by atomic mass is 10.1. The zero-order valence-corrected chi connectivity index (χ0v) is 11.2. The van der Waals surface area contributed by atoms with Gasteiger partial charge in [-0.2, -0.15) is 11.8 Å². The molecule has 4 heteroatoms. The summed E-state index contributed by atoms with van der Waals surface area (Å²) in [5, 5.41) is 3.24. The molecule has 0 saturated carbocycles. The summed E-state index contributed by atoms with van der Waals surface area (Å²) in [5.41, 5.74) is 0.622. The molecule has 0 bridgehead atoms. The molecule has 1 amide bonds. The molecule has 0 saturated heterocycles. The monoisotopic (exact) mass is 255 g/mol. The Bertz CT molecular complexity index is 395. The molecule has 0 spiro atoms. The maximum absolute atomic E-state index is 13.6. The maximum atomic E-state index is 13.6. The van der Waals surface area contributed by atoms with Crippen LogP contribution in [0.25, 0.3) is 0 Å². The minimum absolute atomic E-state index is 0.127. The van der Waals surface area contributed by atoms with Gasteiger partial charge in [-0.05, 0) is 31.2 Å². The third-order valence-corrected chi connectivity index (χ3v) is 3.72. The normalized spacial score (nSPS) is 12.2. The molecule has 0 radical (unpaired) electrons. The highest BCUT2D eigenvalue weighted by molar-refractivity contribution is 7.99. The third-order valence-electron chi connectivity index (χ3n) is 2.68. The summed E-state index contributed by atoms with van der Waals surface area (Å²) in [6.45, 7) is 4.33. The summed E-state index contributed by atoms with van der Waals surface area (Å²) in [6.07, 6.45) is 2.92. The van der Waals surface area contributed by atoms with Gasteiger partial charge in [0.25, 0.3) is 5.91 Å². The number of rotatable bonds is 5. The Morgan fingerprint density at radius 3 is 2.88 bits per heavy atom. The topological polar surface area (TPSA) is 29.1 Å². The van der Waals surface area contributed by atoms with Crippen molar-refractivity contribution >= 4 is 17.7 Å². The van der Waals surface area contributed by atoms with Crippen LogP contribution in [0.4, 0.5) is 4.39 Å². The SMILES string of the molecule is CSC(C)CCNC(=O)c1cccc(C)c1F. The van der Waals surface area contributed by atoms with Crippen LogP contribution in [0.1, 0.15) is 29.3 Å². The van der Waals surface area contributed by atoms with Crippen molar-refractivity contribution in [1.29, 1.82) is 0 Å². The summed E-state index contributed by atoms with van der Waals surface area (Å²) in [6, 6.07) is 4.86. The lowest BCUT2D eigenvalue weighted by Crippen LogP contribution is -2.27. The number of carbonyl (C=O) groups excluding carboxylic acids is 1. The van der Waals surface area contributed by atoms with Crippen molar-refractivity contribution in [3.8, 4) is 0 Å². The fourth-order valence-corrected chi connectivity index (χ4v) is 1.78. The van der Waals surface area contributed by atoms with Gasteiger partial charge in [-0.15, -0.1) is 0 Å². The van der Waals surface area contributed by atoms with Gasteiger partial charge in [0, 0.05) is 11.8 Å². The predicted molar refractivity (Wildman–Crippen MR) is 71.1 cm³/mol. The highest BCUT2D eigenvalue weighted by Crippen LogP contribution is 2.12. The fourth-order valence-electron chi connectivity index (χ4n) is 1.42. The molecule has 0 aliphatic carbocycles. The van der Waals surface area contributed by atoms with Gasteiger partial charge in [-0.25, -0.2) is 4.39 Å². The Hall–Kier alpha value is -1.03. The van der Waals surface area contributed by atoms with Crippen LogP contribution in [0.5, 0.6) is 0 Å². The van der Waals surface area contributed by atoms with Crippen LogP contribution in [0.15, 0.2) is 18.2 Å². The van der Waals surface area contributed by atoms with Crippen molar-refractivity contribution in [1.82, 2.24) is 5.32 Å². The summed E-state index contributed by atoms with van der Waals surface area (Å²) in [7, 11) is 0. The fraction of sp³-hybridized carbons (Fsp3) is 0.462. The first-order valence-electron chi connectivity index (χ1n) is 5.62. The Balaban J connectivity index is 2.56. The molecular formula is C13H18FNOS. The van der Waals surface area contributed by atoms with Crippen LogP contribution >= 0.6 is 11.8 Å². The minimum Gasteiger partial charge on any atom is -0.352 e. The number of amides is 1. The molecule has 0 aliphatic rings. The number of hydrogen-bond donors (Lipinski definition) is 1. The Morgan fingerprint density at radius 2 is 2.24 bits per heavy atom. The van der Waals surface area contributed by atoms with E-state index in [2.05, 4.69) is 12.2 Å². The van der Waals surface area contributed by atoms with Crippen molar-refractivity contribution in [2.75, 3.05) is 12.8 Å². The average Bonchev–Trinajstić information content (AvgIpc) is 2.32. The molecule has 0 heterocycles. The van der Waals surface area contributed by atoms with Crippen LogP contribution in [0.3, 0.4) is 0 Å². The molecule has 0 aliphatic heterocycles. The summed E-state index contributed by atoms with van der Waals surface area (Å²) in [4.78, 5) is 11.7. The number of hydrogen-bond acceptors (Lipinski definition) is 2. The highest BCUT2D eigenvalue weighted by atomic mass is 32.2. The predicted octanol–water partition coefficient (Wildman–Crippen LogP) is 3.01. The minimum atomic E-state index is -0.428. The molecule has 1 atom stereocenters. The van der Waals surface area contributed by atoms with E-state index in [0.717, 1.165) is 6.42 Å². The molecule has 1 aromatic rings. The van der Waals surface area contributed by atoms with Crippen LogP contribution in [0.2, 0.25) is 0 Å². The van der Waals surface area contributed by atoms with Gasteiger partial charge in [0.1, 0.15) is 5.82 Å². The van der Waals surface area contributed by atoms with Gasteiger partial charge >= 0.3 is 0 Å². The highest BCUT2D eigenvalue weighted by Gasteiger charge is 2.12. The lowest BCUT2D eigenvalue weighted by Gasteiger charge is -2.10. The van der Waals surface area contributed by atoms with E-state index in [1.807, 2.05) is 6.26 Å². The lowest BCUT2D eigenvalue weighted by molar-refractivity contribution is 0.0949. The van der Waals surface area contributed by atoms with Crippen molar-refractivity contribution in [3.05, 3.63) is 35.1 Å². The van der Waals surface area contributed by atoms with Gasteiger partial charge in [-0.3, -0.25) is 4.79 Å². The molecule has 17 heavy (non-hydrogen) atoms. The number of thioether (sulfide) groups is 1. The van der Waals surface area contributed by atoms with E-state index in [1.54, 1.807) is 30.8 Å². The molecule has 1 rings (SSSR count). The molecule has 1 N–H and O–H groups in total. The van der Waals surface area contributed by atoms with E-state index >= 15 is 0 Å². The largest absolute Gasteiger partial charge is 0.352 e. The molecule has 1 aromatic carbocycles. The average molecular weight is 255 g/mol. The van der Waals surface area contributed by atoms with E-state index in [1.165, 1.54) is 6.07 Å². The van der Waals surface area contributed by atoms with E-state index in [0.29, 0.717) is 17.4 Å². The summed E-state index contributed by atoms with van der Waals surface area (Å²) in [5.74, 6) is -0.762. The van der Waals surface area contributed by atoms with E-state index in [-0.39, 0.29) is 11.5 Å². The van der Waals surface area contributed by atoms with Gasteiger partial charge in [0.2, 0.25) is 0 Å². The van der Waals surface area contributed by atoms with Crippen LogP contribution in [-0.2, 0) is 0 Å². The van der Waals surface area contributed by atoms with Crippen LogP contribution in [0, 0.1) is 12.7 Å². The first kappa shape index (κ1) is 14.0. The van der Waals surface area contributed by atoms with Gasteiger partial charge in [0.15, 0.2) is 0 Å².